The van der Waals surface area contributed by atoms with E-state index in [4.69, 9.17) is 9.40 Å². The number of nitrogens with one attached hydrogen (secondary N) is 1. The number of furan rings is 1. The van der Waals surface area contributed by atoms with Crippen LogP contribution in [0.5, 0.6) is 0 Å². The lowest BCUT2D eigenvalue weighted by atomic mass is 10.2. The van der Waals surface area contributed by atoms with Gasteiger partial charge in [-0.3, -0.25) is 9.69 Å². The first-order valence-corrected chi connectivity index (χ1v) is 9.20. The second kappa shape index (κ2) is 6.96. The molecule has 3 aromatic rings. The summed E-state index contributed by atoms with van der Waals surface area (Å²) in [6.45, 7) is 7.53. The van der Waals surface area contributed by atoms with Crippen LogP contribution >= 0.6 is 0 Å². The molecule has 1 aliphatic rings. The third kappa shape index (κ3) is 3.24. The summed E-state index contributed by atoms with van der Waals surface area (Å²) < 4.78 is 7.44. The Bertz CT molecular complexity index is 905. The van der Waals surface area contributed by atoms with Crippen molar-refractivity contribution in [3.05, 3.63) is 48.2 Å². The average Bonchev–Trinajstić information content (AvgIpc) is 3.35. The fraction of sp³-hybridized carbons (Fsp3) is 0.400. The van der Waals surface area contributed by atoms with E-state index in [0.29, 0.717) is 11.8 Å². The van der Waals surface area contributed by atoms with Crippen LogP contribution in [0.4, 0.5) is 5.69 Å². The Balaban J connectivity index is 1.63. The van der Waals surface area contributed by atoms with Crippen molar-refractivity contribution in [1.82, 2.24) is 14.5 Å². The molecule has 4 rings (SSSR count). The molecule has 0 saturated carbocycles. The van der Waals surface area contributed by atoms with Gasteiger partial charge in [-0.2, -0.15) is 0 Å². The highest BCUT2D eigenvalue weighted by Gasteiger charge is 2.19. The first kappa shape index (κ1) is 16.8. The molecule has 1 aromatic carbocycles. The Hall–Kier alpha value is -2.60. The van der Waals surface area contributed by atoms with Crippen LogP contribution in [0.1, 0.15) is 49.1 Å². The molecule has 0 bridgehead atoms. The molecule has 1 fully saturated rings. The van der Waals surface area contributed by atoms with E-state index in [0.717, 1.165) is 42.2 Å². The molecule has 1 aliphatic heterocycles. The molecule has 0 aliphatic carbocycles. The molecular weight excluding hydrogens is 328 g/mol. The largest absolute Gasteiger partial charge is 0.459 e. The van der Waals surface area contributed by atoms with Gasteiger partial charge in [0.1, 0.15) is 5.82 Å². The SMILES string of the molecule is CC(C)n1c(CN2CCCC2)nc2cc(NC(=O)c3ccco3)ccc21. The number of nitrogens with zero attached hydrogens (tertiary/aromatic N) is 3. The smallest absolute Gasteiger partial charge is 0.291 e. The van der Waals surface area contributed by atoms with Gasteiger partial charge in [0.15, 0.2) is 5.76 Å². The van der Waals surface area contributed by atoms with Crippen molar-refractivity contribution in [1.29, 1.82) is 0 Å². The second-order valence-corrected chi connectivity index (χ2v) is 7.11. The number of carbonyl (C=O) groups excluding carboxylic acids is 1. The third-order valence-electron chi connectivity index (χ3n) is 4.85. The van der Waals surface area contributed by atoms with Gasteiger partial charge in [-0.25, -0.2) is 4.98 Å². The van der Waals surface area contributed by atoms with Crippen LogP contribution in [0.3, 0.4) is 0 Å². The lowest BCUT2D eigenvalue weighted by molar-refractivity contribution is 0.0996. The van der Waals surface area contributed by atoms with E-state index >= 15 is 0 Å². The second-order valence-electron chi connectivity index (χ2n) is 7.11. The summed E-state index contributed by atoms with van der Waals surface area (Å²) in [6.07, 6.45) is 4.03. The summed E-state index contributed by atoms with van der Waals surface area (Å²) in [5, 5.41) is 2.88. The predicted octanol–water partition coefficient (Wildman–Crippen LogP) is 4.06. The molecule has 6 heteroatoms. The van der Waals surface area contributed by atoms with E-state index < -0.39 is 0 Å². The minimum absolute atomic E-state index is 0.255. The van der Waals surface area contributed by atoms with Crippen molar-refractivity contribution >= 4 is 22.6 Å². The Morgan fingerprint density at radius 1 is 1.27 bits per heavy atom. The lowest BCUT2D eigenvalue weighted by Gasteiger charge is -2.18. The number of carbonyl (C=O) groups is 1. The molecule has 1 amide bonds. The van der Waals surface area contributed by atoms with E-state index in [1.807, 2.05) is 18.2 Å². The molecule has 0 spiro atoms. The van der Waals surface area contributed by atoms with E-state index in [1.54, 1.807) is 12.1 Å². The summed E-state index contributed by atoms with van der Waals surface area (Å²) >= 11 is 0. The number of benzene rings is 1. The molecule has 0 atom stereocenters. The summed E-state index contributed by atoms with van der Waals surface area (Å²) in [6, 6.07) is 9.57. The highest BCUT2D eigenvalue weighted by molar-refractivity contribution is 6.03. The van der Waals surface area contributed by atoms with Crippen molar-refractivity contribution in [2.75, 3.05) is 18.4 Å². The van der Waals surface area contributed by atoms with E-state index in [-0.39, 0.29) is 5.91 Å². The summed E-state index contributed by atoms with van der Waals surface area (Å²) in [7, 11) is 0. The molecule has 1 N–H and O–H groups in total. The minimum atomic E-state index is -0.255. The maximum atomic E-state index is 12.2. The van der Waals surface area contributed by atoms with Crippen LogP contribution in [0, 0.1) is 0 Å². The van der Waals surface area contributed by atoms with Gasteiger partial charge in [-0.1, -0.05) is 0 Å². The zero-order valence-electron chi connectivity index (χ0n) is 15.2. The van der Waals surface area contributed by atoms with Gasteiger partial charge in [0.2, 0.25) is 0 Å². The molecule has 6 nitrogen and oxygen atoms in total. The van der Waals surface area contributed by atoms with Crippen LogP contribution in [0.2, 0.25) is 0 Å². The molecule has 26 heavy (non-hydrogen) atoms. The highest BCUT2D eigenvalue weighted by Crippen LogP contribution is 2.26. The summed E-state index contributed by atoms with van der Waals surface area (Å²) in [5.74, 6) is 1.13. The summed E-state index contributed by atoms with van der Waals surface area (Å²) in [5.41, 5.74) is 2.73. The van der Waals surface area contributed by atoms with Crippen molar-refractivity contribution in [3.63, 3.8) is 0 Å². The lowest BCUT2D eigenvalue weighted by Crippen LogP contribution is -2.21. The first-order chi connectivity index (χ1) is 12.6. The minimum Gasteiger partial charge on any atom is -0.459 e. The zero-order chi connectivity index (χ0) is 18.1. The Morgan fingerprint density at radius 3 is 2.77 bits per heavy atom. The fourth-order valence-corrected chi connectivity index (χ4v) is 3.66. The standard InChI is InChI=1S/C20H24N4O2/c1-14(2)24-17-8-7-15(21-20(25)18-6-5-11-26-18)12-16(17)22-19(24)13-23-9-3-4-10-23/h5-8,11-12,14H,3-4,9-10,13H2,1-2H3,(H,21,25). The molecule has 136 valence electrons. The number of likely N-dealkylation sites (tertiary alicyclic amines) is 1. The monoisotopic (exact) mass is 352 g/mol. The maximum Gasteiger partial charge on any atom is 0.291 e. The van der Waals surface area contributed by atoms with Gasteiger partial charge in [-0.15, -0.1) is 0 Å². The summed E-state index contributed by atoms with van der Waals surface area (Å²) in [4.78, 5) is 19.5. The van der Waals surface area contributed by atoms with Gasteiger partial charge in [0.05, 0.1) is 23.8 Å². The van der Waals surface area contributed by atoms with Crippen LogP contribution in [-0.4, -0.2) is 33.4 Å². The first-order valence-electron chi connectivity index (χ1n) is 9.20. The predicted molar refractivity (Wildman–Crippen MR) is 101 cm³/mol. The number of hydrogen-bond acceptors (Lipinski definition) is 4. The van der Waals surface area contributed by atoms with Gasteiger partial charge in [-0.05, 0) is 70.1 Å². The molecule has 2 aromatic heterocycles. The number of fused-ring (bicyclic) bond motifs is 1. The number of rotatable bonds is 5. The van der Waals surface area contributed by atoms with Gasteiger partial charge in [0.25, 0.3) is 5.91 Å². The normalized spacial score (nSPS) is 15.2. The number of amides is 1. The van der Waals surface area contributed by atoms with E-state index in [2.05, 4.69) is 28.6 Å². The van der Waals surface area contributed by atoms with Crippen molar-refractivity contribution in [3.8, 4) is 0 Å². The molecule has 3 heterocycles. The fourth-order valence-electron chi connectivity index (χ4n) is 3.66. The molecule has 0 unspecified atom stereocenters. The number of aromatic nitrogens is 2. The van der Waals surface area contributed by atoms with Crippen LogP contribution in [0.25, 0.3) is 11.0 Å². The number of anilines is 1. The topological polar surface area (TPSA) is 63.3 Å². The average molecular weight is 352 g/mol. The van der Waals surface area contributed by atoms with E-state index in [9.17, 15) is 4.79 Å². The highest BCUT2D eigenvalue weighted by atomic mass is 16.3. The van der Waals surface area contributed by atoms with Crippen molar-refractivity contribution < 1.29 is 9.21 Å². The molecule has 0 radical (unpaired) electrons. The number of hydrogen-bond donors (Lipinski definition) is 1. The van der Waals surface area contributed by atoms with Crippen LogP contribution in [-0.2, 0) is 6.54 Å². The van der Waals surface area contributed by atoms with Crippen LogP contribution in [0.15, 0.2) is 41.0 Å². The van der Waals surface area contributed by atoms with Gasteiger partial charge in [0, 0.05) is 11.7 Å². The zero-order valence-corrected chi connectivity index (χ0v) is 15.2. The van der Waals surface area contributed by atoms with Gasteiger partial charge < -0.3 is 14.3 Å². The Kier molecular flexibility index (Phi) is 4.51. The molecule has 1 saturated heterocycles. The number of imidazole rings is 1. The third-order valence-corrected chi connectivity index (χ3v) is 4.85. The van der Waals surface area contributed by atoms with Crippen molar-refractivity contribution in [2.45, 2.75) is 39.3 Å². The van der Waals surface area contributed by atoms with E-state index in [1.165, 1.54) is 19.1 Å². The maximum absolute atomic E-state index is 12.2. The Morgan fingerprint density at radius 2 is 2.08 bits per heavy atom. The molecular formula is C20H24N4O2. The van der Waals surface area contributed by atoms with Gasteiger partial charge >= 0.3 is 0 Å². The van der Waals surface area contributed by atoms with Crippen molar-refractivity contribution in [2.24, 2.45) is 0 Å². The Labute approximate surface area is 152 Å². The quantitative estimate of drug-likeness (QED) is 0.752. The van der Waals surface area contributed by atoms with Crippen LogP contribution < -0.4 is 5.32 Å².